The van der Waals surface area contributed by atoms with E-state index in [-0.39, 0.29) is 11.7 Å². The van der Waals surface area contributed by atoms with Gasteiger partial charge in [-0.3, -0.25) is 0 Å². The van der Waals surface area contributed by atoms with Gasteiger partial charge in [0.05, 0.1) is 0 Å². The van der Waals surface area contributed by atoms with E-state index in [9.17, 15) is 4.79 Å². The topological polar surface area (TPSA) is 65.0 Å². The number of rotatable bonds is 5. The Hall–Kier alpha value is -2.53. The average Bonchev–Trinajstić information content (AvgIpc) is 2.55. The molecule has 0 unspecified atom stereocenters. The molecule has 24 heavy (non-hydrogen) atoms. The van der Waals surface area contributed by atoms with Crippen LogP contribution in [0.4, 0.5) is 4.79 Å². The maximum absolute atomic E-state index is 12.2. The van der Waals surface area contributed by atoms with Gasteiger partial charge in [0.2, 0.25) is 0 Å². The summed E-state index contributed by atoms with van der Waals surface area (Å²) in [6, 6.07) is 14.1. The molecular weight excluding hydrogens is 308 g/mol. The van der Waals surface area contributed by atoms with Crippen molar-refractivity contribution in [3.05, 3.63) is 59.7 Å². The fourth-order valence-corrected chi connectivity index (χ4v) is 2.34. The fourth-order valence-electron chi connectivity index (χ4n) is 2.34. The van der Waals surface area contributed by atoms with Gasteiger partial charge in [0, 0.05) is 5.56 Å². The number of carbonyl (C=O) groups is 1. The Bertz CT molecular complexity index is 692. The Morgan fingerprint density at radius 1 is 1.08 bits per heavy atom. The summed E-state index contributed by atoms with van der Waals surface area (Å²) in [5.74, 6) is 0.730. The summed E-state index contributed by atoms with van der Waals surface area (Å²) in [7, 11) is 0. The van der Waals surface area contributed by atoms with Crippen molar-refractivity contribution in [2.45, 2.75) is 39.2 Å². The predicted octanol–water partition coefficient (Wildman–Crippen LogP) is 5.11. The van der Waals surface area contributed by atoms with Crippen molar-refractivity contribution in [1.82, 2.24) is 0 Å². The van der Waals surface area contributed by atoms with Crippen LogP contribution >= 0.6 is 0 Å². The van der Waals surface area contributed by atoms with E-state index in [1.807, 2.05) is 44.2 Å². The summed E-state index contributed by atoms with van der Waals surface area (Å²) in [5, 5.41) is 8.76. The number of benzene rings is 2. The molecule has 0 aromatic heterocycles. The fraction of sp³-hybridized carbons (Fsp3) is 0.316. The molecule has 1 N–H and O–H groups in total. The third kappa shape index (κ3) is 4.26. The molecule has 5 heteroatoms. The monoisotopic (exact) mass is 330 g/mol. The molecule has 2 rings (SSSR count). The minimum Gasteiger partial charge on any atom is -0.423 e. The van der Waals surface area contributed by atoms with Crippen LogP contribution < -0.4 is 9.62 Å². The average molecular weight is 330 g/mol. The van der Waals surface area contributed by atoms with Crippen molar-refractivity contribution in [3.8, 4) is 11.5 Å². The first-order chi connectivity index (χ1) is 11.3. The lowest BCUT2D eigenvalue weighted by Crippen LogP contribution is -2.27. The standard InChI is InChI=1S/C19H22O5/c1-13(2)16-12-15(24-21)10-11-17(16)22-18(20)23-19(3,4)14-8-6-5-7-9-14/h5-13,21H,1-4H3. The normalized spacial score (nSPS) is 11.2. The molecular formula is C19H22O5. The summed E-state index contributed by atoms with van der Waals surface area (Å²) in [6.07, 6.45) is -0.789. The molecule has 5 nitrogen and oxygen atoms in total. The van der Waals surface area contributed by atoms with Gasteiger partial charge in [-0.1, -0.05) is 44.2 Å². The van der Waals surface area contributed by atoms with E-state index in [1.165, 1.54) is 6.07 Å². The molecule has 0 aliphatic carbocycles. The molecule has 0 saturated carbocycles. The lowest BCUT2D eigenvalue weighted by Gasteiger charge is -2.25. The zero-order valence-electron chi connectivity index (χ0n) is 14.3. The molecule has 0 aliphatic heterocycles. The SMILES string of the molecule is CC(C)c1cc(OO)ccc1OC(=O)OC(C)(C)c1ccccc1. The van der Waals surface area contributed by atoms with Crippen LogP contribution in [0.3, 0.4) is 0 Å². The van der Waals surface area contributed by atoms with Gasteiger partial charge in [-0.15, -0.1) is 0 Å². The first-order valence-corrected chi connectivity index (χ1v) is 7.75. The zero-order chi connectivity index (χ0) is 17.7. The lowest BCUT2D eigenvalue weighted by molar-refractivity contribution is -0.137. The minimum absolute atomic E-state index is 0.0741. The van der Waals surface area contributed by atoms with E-state index in [0.29, 0.717) is 5.75 Å². The van der Waals surface area contributed by atoms with Gasteiger partial charge < -0.3 is 14.4 Å². The number of hydrogen-bond acceptors (Lipinski definition) is 5. The molecule has 2 aromatic rings. The summed E-state index contributed by atoms with van der Waals surface area (Å²) >= 11 is 0. The molecule has 0 heterocycles. The van der Waals surface area contributed by atoms with E-state index in [1.54, 1.807) is 26.0 Å². The van der Waals surface area contributed by atoms with Crippen LogP contribution in [0.25, 0.3) is 0 Å². The molecule has 0 fully saturated rings. The third-order valence-electron chi connectivity index (χ3n) is 3.71. The van der Waals surface area contributed by atoms with Gasteiger partial charge in [-0.25, -0.2) is 10.1 Å². The van der Waals surface area contributed by atoms with E-state index in [2.05, 4.69) is 4.89 Å². The van der Waals surface area contributed by atoms with Crippen LogP contribution in [0.15, 0.2) is 48.5 Å². The van der Waals surface area contributed by atoms with Crippen molar-refractivity contribution in [2.24, 2.45) is 0 Å². The number of ether oxygens (including phenoxy) is 2. The largest absolute Gasteiger partial charge is 0.514 e. The summed E-state index contributed by atoms with van der Waals surface area (Å²) in [4.78, 5) is 16.4. The van der Waals surface area contributed by atoms with Crippen LogP contribution in [0.2, 0.25) is 0 Å². The first-order valence-electron chi connectivity index (χ1n) is 7.75. The maximum atomic E-state index is 12.2. The molecule has 0 atom stereocenters. The predicted molar refractivity (Wildman–Crippen MR) is 90.4 cm³/mol. The summed E-state index contributed by atoms with van der Waals surface area (Å²) in [6.45, 7) is 7.50. The van der Waals surface area contributed by atoms with E-state index >= 15 is 0 Å². The van der Waals surface area contributed by atoms with Gasteiger partial charge in [-0.2, -0.15) is 0 Å². The quantitative estimate of drug-likeness (QED) is 0.357. The highest BCUT2D eigenvalue weighted by molar-refractivity contribution is 5.65. The third-order valence-corrected chi connectivity index (χ3v) is 3.71. The van der Waals surface area contributed by atoms with E-state index < -0.39 is 11.8 Å². The summed E-state index contributed by atoms with van der Waals surface area (Å²) in [5.41, 5.74) is 0.788. The van der Waals surface area contributed by atoms with Gasteiger partial charge in [0.15, 0.2) is 5.75 Å². The van der Waals surface area contributed by atoms with E-state index in [4.69, 9.17) is 14.7 Å². The Morgan fingerprint density at radius 3 is 2.33 bits per heavy atom. The zero-order valence-corrected chi connectivity index (χ0v) is 14.3. The molecule has 128 valence electrons. The molecule has 0 aliphatic rings. The number of hydrogen-bond donors (Lipinski definition) is 1. The second kappa shape index (κ2) is 7.36. The molecule has 0 radical (unpaired) electrons. The van der Waals surface area contributed by atoms with Crippen molar-refractivity contribution < 1.29 is 24.4 Å². The van der Waals surface area contributed by atoms with E-state index in [0.717, 1.165) is 11.1 Å². The molecule has 0 saturated heterocycles. The molecule has 0 spiro atoms. The van der Waals surface area contributed by atoms with Crippen LogP contribution in [0.1, 0.15) is 44.7 Å². The Labute approximate surface area is 141 Å². The summed E-state index contributed by atoms with van der Waals surface area (Å²) < 4.78 is 10.8. The lowest BCUT2D eigenvalue weighted by atomic mass is 9.98. The second-order valence-corrected chi connectivity index (χ2v) is 6.28. The Morgan fingerprint density at radius 2 is 1.75 bits per heavy atom. The smallest absolute Gasteiger partial charge is 0.423 e. The van der Waals surface area contributed by atoms with Gasteiger partial charge in [0.25, 0.3) is 0 Å². The van der Waals surface area contributed by atoms with Crippen LogP contribution in [0.5, 0.6) is 11.5 Å². The van der Waals surface area contributed by atoms with Gasteiger partial charge >= 0.3 is 6.16 Å². The molecule has 0 amide bonds. The van der Waals surface area contributed by atoms with Crippen molar-refractivity contribution >= 4 is 6.16 Å². The minimum atomic E-state index is -0.815. The maximum Gasteiger partial charge on any atom is 0.514 e. The first kappa shape index (κ1) is 17.8. The van der Waals surface area contributed by atoms with Gasteiger partial charge in [0.1, 0.15) is 11.4 Å². The highest BCUT2D eigenvalue weighted by Gasteiger charge is 2.27. The number of carbonyl (C=O) groups excluding carboxylic acids is 1. The van der Waals surface area contributed by atoms with Gasteiger partial charge in [-0.05, 0) is 43.5 Å². The van der Waals surface area contributed by atoms with Crippen LogP contribution in [-0.2, 0) is 10.3 Å². The van der Waals surface area contributed by atoms with Crippen LogP contribution in [0, 0.1) is 0 Å². The highest BCUT2D eigenvalue weighted by atomic mass is 17.1. The van der Waals surface area contributed by atoms with Crippen molar-refractivity contribution in [1.29, 1.82) is 0 Å². The van der Waals surface area contributed by atoms with Crippen LogP contribution in [-0.4, -0.2) is 11.4 Å². The Balaban J connectivity index is 2.15. The molecule has 0 bridgehead atoms. The highest BCUT2D eigenvalue weighted by Crippen LogP contribution is 2.31. The Kier molecular flexibility index (Phi) is 5.46. The second-order valence-electron chi connectivity index (χ2n) is 6.28. The van der Waals surface area contributed by atoms with Crippen molar-refractivity contribution in [2.75, 3.05) is 0 Å². The van der Waals surface area contributed by atoms with Crippen molar-refractivity contribution in [3.63, 3.8) is 0 Å². The molecule has 2 aromatic carbocycles.